The monoisotopic (exact) mass is 416 g/mol. The highest BCUT2D eigenvalue weighted by atomic mass is 35.5. The molecule has 0 amide bonds. The molecule has 6 heteroatoms. The van der Waals surface area contributed by atoms with Gasteiger partial charge in [0.2, 0.25) is 0 Å². The summed E-state index contributed by atoms with van der Waals surface area (Å²) in [6, 6.07) is 8.61. The predicted molar refractivity (Wildman–Crippen MR) is 117 cm³/mol. The maximum Gasteiger partial charge on any atom is 0.148 e. The largest absolute Gasteiger partial charge is 0.366 e. The summed E-state index contributed by atoms with van der Waals surface area (Å²) in [6.07, 6.45) is 3.65. The van der Waals surface area contributed by atoms with Gasteiger partial charge in [0, 0.05) is 24.7 Å². The van der Waals surface area contributed by atoms with Crippen LogP contribution in [0.1, 0.15) is 40.0 Å². The summed E-state index contributed by atoms with van der Waals surface area (Å²) in [4.78, 5) is 2.65. The van der Waals surface area contributed by atoms with Crippen molar-refractivity contribution >= 4 is 17.4 Å². The number of rotatable bonds is 5. The van der Waals surface area contributed by atoms with Gasteiger partial charge < -0.3 is 10.2 Å². The second kappa shape index (κ2) is 8.19. The number of nitrogens with one attached hydrogen (secondary N) is 1. The molecule has 2 aromatic rings. The van der Waals surface area contributed by atoms with E-state index < -0.39 is 0 Å². The van der Waals surface area contributed by atoms with Crippen LogP contribution in [-0.4, -0.2) is 40.8 Å². The molecule has 1 aliphatic carbocycles. The minimum atomic E-state index is -0.353. The number of anilines is 1. The molecular formula is C23H30ClFN4. The van der Waals surface area contributed by atoms with Crippen molar-refractivity contribution in [1.82, 2.24) is 15.1 Å². The third-order valence-electron chi connectivity index (χ3n) is 6.23. The molecule has 1 unspecified atom stereocenters. The fraction of sp³-hybridized carbons (Fsp3) is 0.565. The van der Waals surface area contributed by atoms with Gasteiger partial charge in [-0.3, -0.25) is 0 Å². The third-order valence-corrected chi connectivity index (χ3v) is 6.54. The Morgan fingerprint density at radius 2 is 1.83 bits per heavy atom. The molecular weight excluding hydrogens is 387 g/mol. The number of fused-ring (bicyclic) bond motifs is 1. The Hall–Kier alpha value is -1.72. The minimum Gasteiger partial charge on any atom is -0.366 e. The van der Waals surface area contributed by atoms with E-state index >= 15 is 0 Å². The fourth-order valence-electron chi connectivity index (χ4n) is 4.65. The number of benzene rings is 1. The van der Waals surface area contributed by atoms with Crippen LogP contribution in [0.25, 0.3) is 11.3 Å². The first kappa shape index (κ1) is 20.5. The van der Waals surface area contributed by atoms with Gasteiger partial charge in [0.25, 0.3) is 0 Å². The molecule has 1 saturated heterocycles. The van der Waals surface area contributed by atoms with Crippen molar-refractivity contribution < 1.29 is 4.39 Å². The Balaban J connectivity index is 1.30. The average Bonchev–Trinajstić information content (AvgIpc) is 3.18. The third kappa shape index (κ3) is 5.07. The van der Waals surface area contributed by atoms with E-state index in [1.807, 2.05) is 12.1 Å². The van der Waals surface area contributed by atoms with E-state index in [4.69, 9.17) is 11.6 Å². The molecule has 0 radical (unpaired) electrons. The van der Waals surface area contributed by atoms with E-state index in [9.17, 15) is 4.39 Å². The smallest absolute Gasteiger partial charge is 0.148 e. The maximum atomic E-state index is 13.2. The summed E-state index contributed by atoms with van der Waals surface area (Å²) in [5.74, 6) is 2.02. The summed E-state index contributed by atoms with van der Waals surface area (Å²) >= 11 is 6.13. The van der Waals surface area contributed by atoms with Gasteiger partial charge in [-0.15, -0.1) is 10.2 Å². The van der Waals surface area contributed by atoms with Crippen molar-refractivity contribution in [2.75, 3.05) is 25.0 Å². The SMILES string of the molecule is CC(C)(C)CCN1CC2C[C@H](Nc3ccc(-c4ccc(F)cc4Cl)nn3)C[C@H]2C1. The van der Waals surface area contributed by atoms with Crippen molar-refractivity contribution in [3.05, 3.63) is 41.2 Å². The molecule has 1 aromatic carbocycles. The lowest BCUT2D eigenvalue weighted by atomic mass is 9.92. The van der Waals surface area contributed by atoms with Gasteiger partial charge in [0.05, 0.1) is 10.7 Å². The molecule has 2 heterocycles. The normalized spacial score (nSPS) is 24.7. The van der Waals surface area contributed by atoms with Crippen molar-refractivity contribution in [2.24, 2.45) is 17.3 Å². The molecule has 2 aliphatic rings. The zero-order valence-electron chi connectivity index (χ0n) is 17.5. The van der Waals surface area contributed by atoms with Gasteiger partial charge in [-0.1, -0.05) is 32.4 Å². The van der Waals surface area contributed by atoms with Gasteiger partial charge >= 0.3 is 0 Å². The number of hydrogen-bond donors (Lipinski definition) is 1. The van der Waals surface area contributed by atoms with Crippen LogP contribution in [0.15, 0.2) is 30.3 Å². The van der Waals surface area contributed by atoms with E-state index in [1.165, 1.54) is 51.0 Å². The molecule has 3 atom stereocenters. The van der Waals surface area contributed by atoms with Crippen LogP contribution in [0.3, 0.4) is 0 Å². The molecule has 1 aliphatic heterocycles. The lowest BCUT2D eigenvalue weighted by Crippen LogP contribution is -2.28. The number of aromatic nitrogens is 2. The molecule has 1 N–H and O–H groups in total. The number of likely N-dealkylation sites (tertiary alicyclic amines) is 1. The molecule has 2 fully saturated rings. The Morgan fingerprint density at radius 1 is 1.10 bits per heavy atom. The predicted octanol–water partition coefficient (Wildman–Crippen LogP) is 5.49. The highest BCUT2D eigenvalue weighted by molar-refractivity contribution is 6.33. The maximum absolute atomic E-state index is 13.2. The number of halogens is 2. The van der Waals surface area contributed by atoms with Gasteiger partial charge in [-0.2, -0.15) is 0 Å². The first-order valence-electron chi connectivity index (χ1n) is 10.5. The van der Waals surface area contributed by atoms with Gasteiger partial charge in [0.15, 0.2) is 0 Å². The number of hydrogen-bond acceptors (Lipinski definition) is 4. The van der Waals surface area contributed by atoms with Crippen molar-refractivity contribution in [1.29, 1.82) is 0 Å². The first-order chi connectivity index (χ1) is 13.8. The summed E-state index contributed by atoms with van der Waals surface area (Å²) in [7, 11) is 0. The van der Waals surface area contributed by atoms with Crippen LogP contribution in [0.4, 0.5) is 10.2 Å². The van der Waals surface area contributed by atoms with Crippen LogP contribution in [0.2, 0.25) is 5.02 Å². The molecule has 1 aromatic heterocycles. The Labute approximate surface area is 177 Å². The van der Waals surface area contributed by atoms with Crippen molar-refractivity contribution in [2.45, 2.75) is 46.1 Å². The highest BCUT2D eigenvalue weighted by Gasteiger charge is 2.40. The average molecular weight is 417 g/mol. The van der Waals surface area contributed by atoms with Gasteiger partial charge in [-0.25, -0.2) is 4.39 Å². The van der Waals surface area contributed by atoms with E-state index in [0.29, 0.717) is 27.7 Å². The Bertz CT molecular complexity index is 835. The Morgan fingerprint density at radius 3 is 2.41 bits per heavy atom. The Kier molecular flexibility index (Phi) is 5.80. The fourth-order valence-corrected chi connectivity index (χ4v) is 4.91. The molecule has 4 nitrogen and oxygen atoms in total. The van der Waals surface area contributed by atoms with E-state index in [2.05, 4.69) is 41.2 Å². The second-order valence-corrected chi connectivity index (χ2v) is 10.2. The van der Waals surface area contributed by atoms with Crippen LogP contribution in [0, 0.1) is 23.1 Å². The standard InChI is InChI=1S/C23H30ClFN4/c1-23(2,3)8-9-29-13-15-10-18(11-16(15)14-29)26-22-7-6-21(27-28-22)19-5-4-17(25)12-20(19)24/h4-7,12,15-16,18H,8-11,13-14H2,1-3H3,(H,26,28)/t15-,16?,18+/m0/s1. The molecule has 29 heavy (non-hydrogen) atoms. The van der Waals surface area contributed by atoms with Crippen LogP contribution >= 0.6 is 11.6 Å². The first-order valence-corrected chi connectivity index (χ1v) is 10.9. The quantitative estimate of drug-likeness (QED) is 0.699. The van der Waals surface area contributed by atoms with Crippen LogP contribution in [-0.2, 0) is 0 Å². The number of nitrogens with zero attached hydrogens (tertiary/aromatic N) is 3. The molecule has 0 spiro atoms. The summed E-state index contributed by atoms with van der Waals surface area (Å²) in [6.45, 7) is 10.6. The van der Waals surface area contributed by atoms with Crippen molar-refractivity contribution in [3.8, 4) is 11.3 Å². The second-order valence-electron chi connectivity index (χ2n) is 9.83. The van der Waals surface area contributed by atoms with Crippen LogP contribution in [0.5, 0.6) is 0 Å². The van der Waals surface area contributed by atoms with E-state index in [0.717, 1.165) is 17.7 Å². The topological polar surface area (TPSA) is 41.0 Å². The molecule has 156 valence electrons. The lowest BCUT2D eigenvalue weighted by Gasteiger charge is -2.24. The summed E-state index contributed by atoms with van der Waals surface area (Å²) < 4.78 is 13.2. The molecule has 0 bridgehead atoms. The minimum absolute atomic E-state index is 0.347. The summed E-state index contributed by atoms with van der Waals surface area (Å²) in [5.41, 5.74) is 1.75. The van der Waals surface area contributed by atoms with E-state index in [-0.39, 0.29) is 5.82 Å². The molecule has 4 rings (SSSR count). The van der Waals surface area contributed by atoms with Crippen LogP contribution < -0.4 is 5.32 Å². The van der Waals surface area contributed by atoms with Gasteiger partial charge in [0.1, 0.15) is 11.6 Å². The van der Waals surface area contributed by atoms with E-state index in [1.54, 1.807) is 6.07 Å². The van der Waals surface area contributed by atoms with Crippen molar-refractivity contribution in [3.63, 3.8) is 0 Å². The zero-order valence-corrected chi connectivity index (χ0v) is 18.2. The zero-order chi connectivity index (χ0) is 20.6. The molecule has 1 saturated carbocycles. The summed E-state index contributed by atoms with van der Waals surface area (Å²) in [5, 5.41) is 12.5. The van der Waals surface area contributed by atoms with Gasteiger partial charge in [-0.05, 0) is 73.4 Å². The lowest BCUT2D eigenvalue weighted by molar-refractivity contribution is 0.250. The highest BCUT2D eigenvalue weighted by Crippen LogP contribution is 2.39.